The summed E-state index contributed by atoms with van der Waals surface area (Å²) < 4.78 is 3.87. The van der Waals surface area contributed by atoms with E-state index in [9.17, 15) is 9.59 Å². The summed E-state index contributed by atoms with van der Waals surface area (Å²) in [5, 5.41) is 6.88. The van der Waals surface area contributed by atoms with Crippen molar-refractivity contribution >= 4 is 29.1 Å². The number of aryl methyl sites for hydroxylation is 1. The molecule has 0 saturated heterocycles. The molecular weight excluding hydrogens is 348 g/mol. The Morgan fingerprint density at radius 1 is 1.35 bits per heavy atom. The Labute approximate surface area is 157 Å². The normalized spacial score (nSPS) is 21.2. The highest BCUT2D eigenvalue weighted by atomic mass is 32.1. The fraction of sp³-hybridized carbons (Fsp3) is 0.421. The highest BCUT2D eigenvalue weighted by Crippen LogP contribution is 2.38. The number of carbonyl (C=O) groups is 2. The van der Waals surface area contributed by atoms with E-state index in [2.05, 4.69) is 40.7 Å². The van der Waals surface area contributed by atoms with Crippen LogP contribution in [0.3, 0.4) is 0 Å². The summed E-state index contributed by atoms with van der Waals surface area (Å²) in [6.45, 7) is 8.28. The van der Waals surface area contributed by atoms with Crippen molar-refractivity contribution in [3.63, 3.8) is 0 Å². The molecule has 1 aliphatic carbocycles. The highest BCUT2D eigenvalue weighted by molar-refractivity contribution is 7.08. The summed E-state index contributed by atoms with van der Waals surface area (Å²) in [5.74, 6) is -0.482. The summed E-state index contributed by atoms with van der Waals surface area (Å²) in [5.41, 5.74) is 2.90. The van der Waals surface area contributed by atoms with Gasteiger partial charge in [0.2, 0.25) is 5.91 Å². The molecule has 0 fully saturated rings. The van der Waals surface area contributed by atoms with Crippen molar-refractivity contribution in [3.05, 3.63) is 46.1 Å². The molecule has 0 radical (unpaired) electrons. The first kappa shape index (κ1) is 18.4. The van der Waals surface area contributed by atoms with Gasteiger partial charge in [0.05, 0.1) is 11.4 Å². The van der Waals surface area contributed by atoms with E-state index in [1.54, 1.807) is 12.2 Å². The van der Waals surface area contributed by atoms with Gasteiger partial charge in [-0.1, -0.05) is 44.7 Å². The summed E-state index contributed by atoms with van der Waals surface area (Å²) in [6.07, 6.45) is 8.85. The number of allylic oxidation sites excluding steroid dienone is 3. The summed E-state index contributed by atoms with van der Waals surface area (Å²) in [6, 6.07) is 0. The SMILES string of the molecule is CCCc1nnsc1C(=O)N=C1C=CC2C(=C1)NC(=O)C=C2C(C)(C)C. The van der Waals surface area contributed by atoms with Gasteiger partial charge in [0.15, 0.2) is 0 Å². The lowest BCUT2D eigenvalue weighted by atomic mass is 9.74. The number of fused-ring (bicyclic) bond motifs is 1. The molecule has 7 heteroatoms. The van der Waals surface area contributed by atoms with Crippen LogP contribution in [0.5, 0.6) is 0 Å². The molecule has 136 valence electrons. The van der Waals surface area contributed by atoms with Crippen LogP contribution >= 0.6 is 11.5 Å². The standard InChI is InChI=1S/C19H22N4O2S/c1-5-6-14-17(26-23-22-14)18(25)20-11-7-8-12-13(19(2,3)4)10-16(24)21-15(12)9-11/h7-10,12H,5-6H2,1-4H3,(H,21,24). The average molecular weight is 370 g/mol. The number of amides is 2. The molecule has 1 aliphatic heterocycles. The fourth-order valence-corrected chi connectivity index (χ4v) is 3.68. The Bertz CT molecular complexity index is 868. The maximum atomic E-state index is 12.5. The van der Waals surface area contributed by atoms with Gasteiger partial charge in [0.1, 0.15) is 4.88 Å². The van der Waals surface area contributed by atoms with Crippen LogP contribution in [-0.4, -0.2) is 27.1 Å². The van der Waals surface area contributed by atoms with Crippen LogP contribution in [0.1, 0.15) is 49.5 Å². The van der Waals surface area contributed by atoms with E-state index >= 15 is 0 Å². The van der Waals surface area contributed by atoms with Crippen molar-refractivity contribution in [2.75, 3.05) is 0 Å². The Morgan fingerprint density at radius 2 is 2.12 bits per heavy atom. The monoisotopic (exact) mass is 370 g/mol. The van der Waals surface area contributed by atoms with Gasteiger partial charge in [-0.15, -0.1) is 5.10 Å². The van der Waals surface area contributed by atoms with Gasteiger partial charge in [-0.25, -0.2) is 4.99 Å². The summed E-state index contributed by atoms with van der Waals surface area (Å²) >= 11 is 1.07. The summed E-state index contributed by atoms with van der Waals surface area (Å²) in [7, 11) is 0. The lowest BCUT2D eigenvalue weighted by molar-refractivity contribution is -0.116. The molecule has 1 aromatic rings. The van der Waals surface area contributed by atoms with Crippen LogP contribution in [0.2, 0.25) is 0 Å². The van der Waals surface area contributed by atoms with Crippen LogP contribution in [0.15, 0.2) is 40.6 Å². The first-order valence-electron chi connectivity index (χ1n) is 8.66. The molecule has 3 rings (SSSR count). The van der Waals surface area contributed by atoms with Gasteiger partial charge in [0.25, 0.3) is 5.91 Å². The number of aromatic nitrogens is 2. The largest absolute Gasteiger partial charge is 0.325 e. The minimum absolute atomic E-state index is 0.00229. The quantitative estimate of drug-likeness (QED) is 0.885. The topological polar surface area (TPSA) is 84.3 Å². The van der Waals surface area contributed by atoms with Crippen LogP contribution < -0.4 is 5.32 Å². The van der Waals surface area contributed by atoms with Crippen molar-refractivity contribution in [3.8, 4) is 0 Å². The summed E-state index contributed by atoms with van der Waals surface area (Å²) in [4.78, 5) is 29.2. The maximum absolute atomic E-state index is 12.5. The zero-order valence-corrected chi connectivity index (χ0v) is 16.2. The number of aliphatic imine (C=N–C) groups is 1. The second kappa shape index (κ2) is 7.07. The van der Waals surface area contributed by atoms with Gasteiger partial charge < -0.3 is 5.32 Å². The van der Waals surface area contributed by atoms with E-state index in [0.29, 0.717) is 22.7 Å². The van der Waals surface area contributed by atoms with E-state index in [1.807, 2.05) is 19.1 Å². The smallest absolute Gasteiger partial charge is 0.291 e. The van der Waals surface area contributed by atoms with Crippen LogP contribution in [-0.2, 0) is 11.2 Å². The molecule has 1 atom stereocenters. The number of nitrogens with one attached hydrogen (secondary N) is 1. The Kier molecular flexibility index (Phi) is 5.00. The lowest BCUT2D eigenvalue weighted by Crippen LogP contribution is -2.36. The van der Waals surface area contributed by atoms with E-state index in [4.69, 9.17) is 0 Å². The van der Waals surface area contributed by atoms with Gasteiger partial charge >= 0.3 is 0 Å². The second-order valence-electron chi connectivity index (χ2n) is 7.42. The molecule has 2 amide bonds. The van der Waals surface area contributed by atoms with Crippen molar-refractivity contribution in [2.24, 2.45) is 16.3 Å². The zero-order chi connectivity index (χ0) is 18.9. The molecule has 0 spiro atoms. The Morgan fingerprint density at radius 3 is 2.81 bits per heavy atom. The van der Waals surface area contributed by atoms with E-state index < -0.39 is 0 Å². The minimum atomic E-state index is -0.341. The third kappa shape index (κ3) is 3.72. The molecule has 6 nitrogen and oxygen atoms in total. The predicted molar refractivity (Wildman–Crippen MR) is 102 cm³/mol. The van der Waals surface area contributed by atoms with Crippen LogP contribution in [0.25, 0.3) is 0 Å². The third-order valence-electron chi connectivity index (χ3n) is 4.32. The number of nitrogens with zero attached hydrogens (tertiary/aromatic N) is 3. The zero-order valence-electron chi connectivity index (χ0n) is 15.4. The van der Waals surface area contributed by atoms with Crippen molar-refractivity contribution in [1.29, 1.82) is 0 Å². The fourth-order valence-electron chi connectivity index (χ4n) is 3.08. The molecule has 0 bridgehead atoms. The second-order valence-corrected chi connectivity index (χ2v) is 8.17. The third-order valence-corrected chi connectivity index (χ3v) is 5.08. The molecule has 1 unspecified atom stereocenters. The Hall–Kier alpha value is -2.41. The number of carbonyl (C=O) groups excluding carboxylic acids is 2. The lowest BCUT2D eigenvalue weighted by Gasteiger charge is -2.34. The molecule has 1 aromatic heterocycles. The number of rotatable bonds is 3. The molecule has 0 saturated carbocycles. The van der Waals surface area contributed by atoms with E-state index in [1.165, 1.54) is 0 Å². The van der Waals surface area contributed by atoms with E-state index in [-0.39, 0.29) is 23.1 Å². The first-order chi connectivity index (χ1) is 12.3. The molecular formula is C19H22N4O2S. The van der Waals surface area contributed by atoms with Gasteiger partial charge in [-0.05, 0) is 41.1 Å². The van der Waals surface area contributed by atoms with Gasteiger partial charge in [-0.3, -0.25) is 9.59 Å². The van der Waals surface area contributed by atoms with Crippen LogP contribution in [0.4, 0.5) is 0 Å². The molecule has 1 N–H and O–H groups in total. The number of hydrogen-bond acceptors (Lipinski definition) is 5. The Balaban J connectivity index is 1.88. The molecule has 0 aromatic carbocycles. The molecule has 2 heterocycles. The average Bonchev–Trinajstić information content (AvgIpc) is 3.01. The molecule has 26 heavy (non-hydrogen) atoms. The molecule has 2 aliphatic rings. The van der Waals surface area contributed by atoms with Crippen LogP contribution in [0, 0.1) is 11.3 Å². The first-order valence-corrected chi connectivity index (χ1v) is 9.44. The van der Waals surface area contributed by atoms with Gasteiger partial charge in [-0.2, -0.15) is 0 Å². The predicted octanol–water partition coefficient (Wildman–Crippen LogP) is 3.24. The van der Waals surface area contributed by atoms with Crippen molar-refractivity contribution < 1.29 is 9.59 Å². The van der Waals surface area contributed by atoms with Crippen molar-refractivity contribution in [1.82, 2.24) is 14.9 Å². The van der Waals surface area contributed by atoms with Gasteiger partial charge in [0, 0.05) is 17.7 Å². The highest BCUT2D eigenvalue weighted by Gasteiger charge is 2.32. The minimum Gasteiger partial charge on any atom is -0.325 e. The maximum Gasteiger partial charge on any atom is 0.291 e. The van der Waals surface area contributed by atoms with Crippen molar-refractivity contribution in [2.45, 2.75) is 40.5 Å². The number of hydrogen-bond donors (Lipinski definition) is 1. The van der Waals surface area contributed by atoms with E-state index in [0.717, 1.165) is 29.2 Å².